The van der Waals surface area contributed by atoms with Gasteiger partial charge in [-0.05, 0) is 39.2 Å². The van der Waals surface area contributed by atoms with Crippen molar-refractivity contribution in [3.63, 3.8) is 0 Å². The Morgan fingerprint density at radius 1 is 0.833 bits per heavy atom. The van der Waals surface area contributed by atoms with Crippen molar-refractivity contribution in [2.24, 2.45) is 0 Å². The number of rotatable bonds is 4. The molecule has 2 aromatic carbocycles. The van der Waals surface area contributed by atoms with E-state index in [0.717, 1.165) is 16.9 Å². The van der Waals surface area contributed by atoms with Gasteiger partial charge in [-0.1, -0.05) is 77.9 Å². The van der Waals surface area contributed by atoms with Crippen LogP contribution in [0, 0.1) is 0 Å². The van der Waals surface area contributed by atoms with Crippen LogP contribution in [-0.4, -0.2) is 0 Å². The highest BCUT2D eigenvalue weighted by molar-refractivity contribution is 6.17. The summed E-state index contributed by atoms with van der Waals surface area (Å²) in [7, 11) is 0. The van der Waals surface area contributed by atoms with Gasteiger partial charge in [-0.3, -0.25) is 0 Å². The first-order valence-corrected chi connectivity index (χ1v) is 9.07. The maximum Gasteiger partial charge on any atom is 0.123 e. The highest BCUT2D eigenvalue weighted by Crippen LogP contribution is 2.36. The van der Waals surface area contributed by atoms with E-state index < -0.39 is 0 Å². The van der Waals surface area contributed by atoms with E-state index in [1.54, 1.807) is 0 Å². The van der Waals surface area contributed by atoms with Crippen LogP contribution in [0.3, 0.4) is 0 Å². The number of halogens is 1. The lowest BCUT2D eigenvalue weighted by Crippen LogP contribution is -2.17. The van der Waals surface area contributed by atoms with E-state index in [0.29, 0.717) is 12.5 Å². The molecular formula is C22H29ClO. The molecule has 2 aromatic rings. The Morgan fingerprint density at radius 2 is 1.46 bits per heavy atom. The molecule has 0 amide bonds. The largest absolute Gasteiger partial charge is 0.489 e. The van der Waals surface area contributed by atoms with Crippen molar-refractivity contribution in [2.75, 3.05) is 0 Å². The molecule has 1 nitrogen and oxygen atoms in total. The second-order valence-electron chi connectivity index (χ2n) is 8.40. The Morgan fingerprint density at radius 3 is 2.00 bits per heavy atom. The molecule has 0 aliphatic rings. The molecular weight excluding hydrogens is 316 g/mol. The van der Waals surface area contributed by atoms with Crippen molar-refractivity contribution in [2.45, 2.75) is 64.9 Å². The summed E-state index contributed by atoms with van der Waals surface area (Å²) in [5.74, 6) is 1.47. The van der Waals surface area contributed by atoms with E-state index in [1.165, 1.54) is 11.1 Å². The van der Waals surface area contributed by atoms with Crippen molar-refractivity contribution in [1.29, 1.82) is 0 Å². The highest BCUT2D eigenvalue weighted by Gasteiger charge is 2.23. The van der Waals surface area contributed by atoms with Crippen molar-refractivity contribution in [1.82, 2.24) is 0 Å². The molecule has 0 bridgehead atoms. The Bertz CT molecular complexity index is 690. The van der Waals surface area contributed by atoms with Gasteiger partial charge in [-0.15, -0.1) is 11.6 Å². The fourth-order valence-corrected chi connectivity index (χ4v) is 2.95. The normalized spacial score (nSPS) is 12.3. The maximum atomic E-state index is 6.20. The van der Waals surface area contributed by atoms with Gasteiger partial charge in [-0.25, -0.2) is 0 Å². The molecule has 130 valence electrons. The zero-order valence-corrected chi connectivity index (χ0v) is 16.5. The molecule has 0 aliphatic heterocycles. The van der Waals surface area contributed by atoms with Crippen LogP contribution in [0.2, 0.25) is 0 Å². The van der Waals surface area contributed by atoms with Crippen molar-refractivity contribution in [3.8, 4) is 5.75 Å². The first-order valence-electron chi connectivity index (χ1n) is 8.53. The van der Waals surface area contributed by atoms with E-state index in [9.17, 15) is 0 Å². The van der Waals surface area contributed by atoms with Crippen molar-refractivity contribution < 1.29 is 4.74 Å². The van der Waals surface area contributed by atoms with E-state index in [1.807, 2.05) is 12.1 Å². The third kappa shape index (κ3) is 4.54. The van der Waals surface area contributed by atoms with Gasteiger partial charge in [0, 0.05) is 5.88 Å². The minimum Gasteiger partial charge on any atom is -0.489 e. The molecule has 0 radical (unpaired) electrons. The smallest absolute Gasteiger partial charge is 0.123 e. The Hall–Kier alpha value is -1.47. The van der Waals surface area contributed by atoms with Crippen LogP contribution >= 0.6 is 11.6 Å². The quantitative estimate of drug-likeness (QED) is 0.568. The first-order chi connectivity index (χ1) is 11.1. The average molecular weight is 345 g/mol. The lowest BCUT2D eigenvalue weighted by Gasteiger charge is -2.27. The van der Waals surface area contributed by atoms with Gasteiger partial charge < -0.3 is 4.74 Å². The number of ether oxygens (including phenoxy) is 1. The summed E-state index contributed by atoms with van der Waals surface area (Å²) in [6.45, 7) is 14.0. The van der Waals surface area contributed by atoms with E-state index in [2.05, 4.69) is 71.9 Å². The summed E-state index contributed by atoms with van der Waals surface area (Å²) in [4.78, 5) is 0. The van der Waals surface area contributed by atoms with Gasteiger partial charge >= 0.3 is 0 Å². The van der Waals surface area contributed by atoms with Gasteiger partial charge in [0.15, 0.2) is 0 Å². The van der Waals surface area contributed by atoms with Crippen LogP contribution < -0.4 is 4.74 Å². The zero-order chi connectivity index (χ0) is 18.0. The second-order valence-corrected chi connectivity index (χ2v) is 8.67. The Balaban J connectivity index is 2.33. The first kappa shape index (κ1) is 18.9. The summed E-state index contributed by atoms with van der Waals surface area (Å²) < 4.78 is 6.20. The summed E-state index contributed by atoms with van der Waals surface area (Å²) in [6, 6.07) is 14.8. The molecule has 0 atom stereocenters. The van der Waals surface area contributed by atoms with Crippen LogP contribution in [0.1, 0.15) is 63.8 Å². The minimum absolute atomic E-state index is 0.0304. The zero-order valence-electron chi connectivity index (χ0n) is 15.7. The maximum absolute atomic E-state index is 6.20. The lowest BCUT2D eigenvalue weighted by atomic mass is 9.80. The minimum atomic E-state index is 0.0304. The summed E-state index contributed by atoms with van der Waals surface area (Å²) in [6.07, 6.45) is 0. The number of hydrogen-bond acceptors (Lipinski definition) is 1. The van der Waals surface area contributed by atoms with Crippen LogP contribution in [-0.2, 0) is 23.3 Å². The van der Waals surface area contributed by atoms with Gasteiger partial charge in [-0.2, -0.15) is 0 Å². The molecule has 2 heteroatoms. The molecule has 0 heterocycles. The summed E-state index contributed by atoms with van der Waals surface area (Å²) in [5.41, 5.74) is 5.01. The summed E-state index contributed by atoms with van der Waals surface area (Å²) >= 11 is 6.03. The number of benzene rings is 2. The van der Waals surface area contributed by atoms with Gasteiger partial charge in [0.2, 0.25) is 0 Å². The molecule has 24 heavy (non-hydrogen) atoms. The fourth-order valence-electron chi connectivity index (χ4n) is 2.69. The molecule has 0 unspecified atom stereocenters. The Labute approximate surface area is 152 Å². The molecule has 0 fully saturated rings. The molecule has 0 spiro atoms. The van der Waals surface area contributed by atoms with E-state index >= 15 is 0 Å². The molecule has 0 N–H and O–H groups in total. The van der Waals surface area contributed by atoms with E-state index in [-0.39, 0.29) is 10.8 Å². The lowest BCUT2D eigenvalue weighted by molar-refractivity contribution is 0.296. The third-order valence-electron chi connectivity index (χ3n) is 4.30. The Kier molecular flexibility index (Phi) is 5.65. The van der Waals surface area contributed by atoms with Crippen LogP contribution in [0.5, 0.6) is 5.75 Å². The standard InChI is InChI=1S/C22H29ClO/c1-21(2,3)18-11-12-20(19(13-18)22(4,5)6)24-15-17-10-8-7-9-16(17)14-23/h7-13H,14-15H2,1-6H3. The average Bonchev–Trinajstić information content (AvgIpc) is 2.51. The molecule has 0 aliphatic carbocycles. The molecule has 0 saturated heterocycles. The van der Waals surface area contributed by atoms with Gasteiger partial charge in [0.25, 0.3) is 0 Å². The van der Waals surface area contributed by atoms with Crippen molar-refractivity contribution >= 4 is 11.6 Å². The van der Waals surface area contributed by atoms with Crippen LogP contribution in [0.15, 0.2) is 42.5 Å². The predicted molar refractivity (Wildman–Crippen MR) is 104 cm³/mol. The summed E-state index contributed by atoms with van der Waals surface area (Å²) in [5, 5.41) is 0. The number of alkyl halides is 1. The van der Waals surface area contributed by atoms with Gasteiger partial charge in [0.1, 0.15) is 12.4 Å². The second kappa shape index (κ2) is 7.19. The van der Waals surface area contributed by atoms with Crippen LogP contribution in [0.25, 0.3) is 0 Å². The fraction of sp³-hybridized carbons (Fsp3) is 0.455. The SMILES string of the molecule is CC(C)(C)c1ccc(OCc2ccccc2CCl)c(C(C)(C)C)c1. The highest BCUT2D eigenvalue weighted by atomic mass is 35.5. The van der Waals surface area contributed by atoms with Crippen molar-refractivity contribution in [3.05, 3.63) is 64.7 Å². The topological polar surface area (TPSA) is 9.23 Å². The molecule has 2 rings (SSSR count). The van der Waals surface area contributed by atoms with Crippen LogP contribution in [0.4, 0.5) is 0 Å². The monoisotopic (exact) mass is 344 g/mol. The van der Waals surface area contributed by atoms with E-state index in [4.69, 9.17) is 16.3 Å². The number of hydrogen-bond donors (Lipinski definition) is 0. The van der Waals surface area contributed by atoms with Gasteiger partial charge in [0.05, 0.1) is 0 Å². The third-order valence-corrected chi connectivity index (χ3v) is 4.59. The predicted octanol–water partition coefficient (Wildman–Crippen LogP) is 6.60. The molecule has 0 saturated carbocycles. The molecule has 0 aromatic heterocycles.